The minimum Gasteiger partial charge on any atom is -0.373 e. The lowest BCUT2D eigenvalue weighted by Crippen LogP contribution is -2.49. The van der Waals surface area contributed by atoms with Gasteiger partial charge in [-0.3, -0.25) is 9.78 Å². The van der Waals surface area contributed by atoms with E-state index < -0.39 is 10.0 Å². The lowest BCUT2D eigenvalue weighted by molar-refractivity contribution is -0.120. The summed E-state index contributed by atoms with van der Waals surface area (Å²) < 4.78 is 32.0. The Kier molecular flexibility index (Phi) is 6.08. The molecule has 0 bridgehead atoms. The third-order valence-electron chi connectivity index (χ3n) is 4.53. The Morgan fingerprint density at radius 3 is 2.67 bits per heavy atom. The van der Waals surface area contributed by atoms with E-state index in [9.17, 15) is 13.2 Å². The molecule has 0 saturated carbocycles. The quantitative estimate of drug-likeness (QED) is 0.803. The average Bonchev–Trinajstić information content (AvgIpc) is 2.61. The van der Waals surface area contributed by atoms with Crippen LogP contribution in [-0.2, 0) is 26.0 Å². The molecule has 1 aromatic heterocycles. The molecule has 1 fully saturated rings. The highest BCUT2D eigenvalue weighted by Gasteiger charge is 2.30. The van der Waals surface area contributed by atoms with Gasteiger partial charge in [-0.2, -0.15) is 4.31 Å². The first-order valence-corrected chi connectivity index (χ1v) is 10.7. The van der Waals surface area contributed by atoms with E-state index in [1.807, 2.05) is 44.2 Å². The van der Waals surface area contributed by atoms with Gasteiger partial charge >= 0.3 is 0 Å². The van der Waals surface area contributed by atoms with Gasteiger partial charge in [0.15, 0.2) is 0 Å². The first-order valence-electron chi connectivity index (χ1n) is 9.08. The van der Waals surface area contributed by atoms with Crippen molar-refractivity contribution in [2.24, 2.45) is 0 Å². The zero-order valence-electron chi connectivity index (χ0n) is 15.6. The number of ether oxygens (including phenoxy) is 1. The van der Waals surface area contributed by atoms with Gasteiger partial charge in [0.05, 0.1) is 29.9 Å². The van der Waals surface area contributed by atoms with E-state index in [-0.39, 0.29) is 36.8 Å². The summed E-state index contributed by atoms with van der Waals surface area (Å²) in [6, 6.07) is 9.49. The summed E-state index contributed by atoms with van der Waals surface area (Å²) in [5.41, 5.74) is 1.61. The van der Waals surface area contributed by atoms with Gasteiger partial charge in [0.1, 0.15) is 0 Å². The highest BCUT2D eigenvalue weighted by atomic mass is 32.2. The smallest absolute Gasteiger partial charge is 0.224 e. The predicted molar refractivity (Wildman–Crippen MR) is 104 cm³/mol. The number of rotatable bonds is 6. The number of aromatic nitrogens is 1. The van der Waals surface area contributed by atoms with Crippen molar-refractivity contribution in [1.29, 1.82) is 0 Å². The number of nitrogens with zero attached hydrogens (tertiary/aromatic N) is 2. The largest absolute Gasteiger partial charge is 0.373 e. The van der Waals surface area contributed by atoms with Crippen LogP contribution in [-0.4, -0.2) is 61.2 Å². The van der Waals surface area contributed by atoms with Crippen LogP contribution in [0.25, 0.3) is 10.9 Å². The number of pyridine rings is 1. The molecule has 1 saturated heterocycles. The van der Waals surface area contributed by atoms with Crippen molar-refractivity contribution in [3.8, 4) is 0 Å². The second-order valence-corrected chi connectivity index (χ2v) is 9.00. The Hall–Kier alpha value is -2.03. The number of fused-ring (bicyclic) bond motifs is 1. The van der Waals surface area contributed by atoms with Gasteiger partial charge in [-0.1, -0.05) is 24.3 Å². The Bertz CT molecular complexity index is 901. The summed E-state index contributed by atoms with van der Waals surface area (Å²) in [7, 11) is -3.43. The molecule has 1 N–H and O–H groups in total. The molecule has 7 nitrogen and oxygen atoms in total. The monoisotopic (exact) mass is 391 g/mol. The van der Waals surface area contributed by atoms with Gasteiger partial charge in [-0.05, 0) is 25.5 Å². The fourth-order valence-corrected chi connectivity index (χ4v) is 4.84. The summed E-state index contributed by atoms with van der Waals surface area (Å²) in [4.78, 5) is 16.6. The SMILES string of the molecule is CC1CN(S(=O)(=O)CCNC(=O)Cc2cccc3cccnc23)CC(C)O1. The summed E-state index contributed by atoms with van der Waals surface area (Å²) in [6.07, 6.45) is 1.61. The van der Waals surface area contributed by atoms with Gasteiger partial charge in [0.25, 0.3) is 0 Å². The lowest BCUT2D eigenvalue weighted by Gasteiger charge is -2.34. The van der Waals surface area contributed by atoms with Crippen LogP contribution in [0.2, 0.25) is 0 Å². The Morgan fingerprint density at radius 1 is 1.22 bits per heavy atom. The van der Waals surface area contributed by atoms with Crippen LogP contribution in [0.5, 0.6) is 0 Å². The molecule has 1 aromatic carbocycles. The van der Waals surface area contributed by atoms with E-state index in [0.29, 0.717) is 13.1 Å². The van der Waals surface area contributed by atoms with Gasteiger partial charge in [0, 0.05) is 31.2 Å². The molecule has 1 amide bonds. The van der Waals surface area contributed by atoms with Crippen molar-refractivity contribution in [2.75, 3.05) is 25.4 Å². The second kappa shape index (κ2) is 8.33. The fraction of sp³-hybridized carbons (Fsp3) is 0.474. The van der Waals surface area contributed by atoms with Crippen LogP contribution in [0.3, 0.4) is 0 Å². The maximum atomic E-state index is 12.5. The van der Waals surface area contributed by atoms with Crippen LogP contribution in [0.4, 0.5) is 0 Å². The first-order chi connectivity index (χ1) is 12.8. The van der Waals surface area contributed by atoms with Crippen molar-refractivity contribution in [3.63, 3.8) is 0 Å². The van der Waals surface area contributed by atoms with E-state index in [1.165, 1.54) is 4.31 Å². The molecule has 2 heterocycles. The molecule has 2 aromatic rings. The number of carbonyl (C=O) groups is 1. The number of nitrogens with one attached hydrogen (secondary N) is 1. The molecule has 0 aliphatic carbocycles. The molecule has 2 atom stereocenters. The predicted octanol–water partition coefficient (Wildman–Crippen LogP) is 1.33. The van der Waals surface area contributed by atoms with Crippen molar-refractivity contribution < 1.29 is 17.9 Å². The van der Waals surface area contributed by atoms with E-state index >= 15 is 0 Å². The third-order valence-corrected chi connectivity index (χ3v) is 6.33. The molecule has 1 aliphatic heterocycles. The van der Waals surface area contributed by atoms with Crippen LogP contribution >= 0.6 is 0 Å². The summed E-state index contributed by atoms with van der Waals surface area (Å²) >= 11 is 0. The molecule has 27 heavy (non-hydrogen) atoms. The highest BCUT2D eigenvalue weighted by molar-refractivity contribution is 7.89. The number of benzene rings is 1. The van der Waals surface area contributed by atoms with Gasteiger partial charge in [-0.15, -0.1) is 0 Å². The van der Waals surface area contributed by atoms with E-state index in [4.69, 9.17) is 4.74 Å². The Morgan fingerprint density at radius 2 is 1.93 bits per heavy atom. The van der Waals surface area contributed by atoms with Crippen molar-refractivity contribution in [2.45, 2.75) is 32.5 Å². The maximum Gasteiger partial charge on any atom is 0.224 e. The van der Waals surface area contributed by atoms with E-state index in [0.717, 1.165) is 16.5 Å². The van der Waals surface area contributed by atoms with Crippen LogP contribution in [0.15, 0.2) is 36.5 Å². The van der Waals surface area contributed by atoms with Crippen molar-refractivity contribution >= 4 is 26.8 Å². The van der Waals surface area contributed by atoms with Crippen LogP contribution in [0, 0.1) is 0 Å². The molecule has 0 radical (unpaired) electrons. The number of sulfonamides is 1. The lowest BCUT2D eigenvalue weighted by atomic mass is 10.1. The second-order valence-electron chi connectivity index (χ2n) is 6.91. The molecular formula is C19H25N3O4S. The number of para-hydroxylation sites is 1. The topological polar surface area (TPSA) is 88.6 Å². The number of hydrogen-bond acceptors (Lipinski definition) is 5. The third kappa shape index (κ3) is 5.03. The van der Waals surface area contributed by atoms with Crippen LogP contribution < -0.4 is 5.32 Å². The van der Waals surface area contributed by atoms with Gasteiger partial charge < -0.3 is 10.1 Å². The summed E-state index contributed by atoms with van der Waals surface area (Å²) in [5, 5.41) is 3.68. The minimum absolute atomic E-state index is 0.0828. The molecule has 1 aliphatic rings. The number of morpholine rings is 1. The molecule has 8 heteroatoms. The zero-order valence-corrected chi connectivity index (χ0v) is 16.4. The minimum atomic E-state index is -3.43. The van der Waals surface area contributed by atoms with Crippen molar-refractivity contribution in [3.05, 3.63) is 42.1 Å². The Labute approximate surface area is 159 Å². The normalized spacial score (nSPS) is 21.3. The molecule has 2 unspecified atom stereocenters. The number of amides is 1. The van der Waals surface area contributed by atoms with Gasteiger partial charge in [-0.25, -0.2) is 8.42 Å². The maximum absolute atomic E-state index is 12.5. The molecular weight excluding hydrogens is 366 g/mol. The standard InChI is InChI=1S/C19H25N3O4S/c1-14-12-22(13-15(2)26-14)27(24,25)10-9-20-18(23)11-17-6-3-5-16-7-4-8-21-19(16)17/h3-8,14-15H,9-13H2,1-2H3,(H,20,23). The number of carbonyl (C=O) groups excluding carboxylic acids is 1. The number of hydrogen-bond donors (Lipinski definition) is 1. The zero-order chi connectivity index (χ0) is 19.4. The highest BCUT2D eigenvalue weighted by Crippen LogP contribution is 2.17. The molecule has 3 rings (SSSR count). The molecule has 0 spiro atoms. The van der Waals surface area contributed by atoms with Gasteiger partial charge in [0.2, 0.25) is 15.9 Å². The van der Waals surface area contributed by atoms with E-state index in [1.54, 1.807) is 6.20 Å². The summed E-state index contributed by atoms with van der Waals surface area (Å²) in [6.45, 7) is 4.50. The Balaban J connectivity index is 1.55. The van der Waals surface area contributed by atoms with E-state index in [2.05, 4.69) is 10.3 Å². The fourth-order valence-electron chi connectivity index (χ4n) is 3.35. The molecule has 146 valence electrons. The average molecular weight is 391 g/mol. The summed E-state index contributed by atoms with van der Waals surface area (Å²) in [5.74, 6) is -0.335. The van der Waals surface area contributed by atoms with Crippen LogP contribution in [0.1, 0.15) is 19.4 Å². The van der Waals surface area contributed by atoms with Crippen molar-refractivity contribution in [1.82, 2.24) is 14.6 Å². The first kappa shape index (κ1) is 19.7.